The molecule has 0 bridgehead atoms. The summed E-state index contributed by atoms with van der Waals surface area (Å²) < 4.78 is 0. The molecule has 0 fully saturated rings. The molecule has 1 amide bonds. The molecule has 0 radical (unpaired) electrons. The van der Waals surface area contributed by atoms with E-state index in [0.717, 1.165) is 41.9 Å². The van der Waals surface area contributed by atoms with Crippen LogP contribution in [0.4, 0.5) is 0 Å². The molecule has 3 aromatic carbocycles. The van der Waals surface area contributed by atoms with Gasteiger partial charge in [-0.15, -0.1) is 0 Å². The van der Waals surface area contributed by atoms with Crippen molar-refractivity contribution < 1.29 is 4.79 Å². The minimum absolute atomic E-state index is 0.0362. The Labute approximate surface area is 180 Å². The Balaban J connectivity index is 1.69. The van der Waals surface area contributed by atoms with Gasteiger partial charge in [0.25, 0.3) is 0 Å². The predicted octanol–water partition coefficient (Wildman–Crippen LogP) is 2.34. The van der Waals surface area contributed by atoms with E-state index in [0.29, 0.717) is 0 Å². The molecule has 3 aromatic rings. The summed E-state index contributed by atoms with van der Waals surface area (Å²) in [6, 6.07) is 21.0. The van der Waals surface area contributed by atoms with Crippen LogP contribution in [-0.2, 0) is 11.2 Å². The van der Waals surface area contributed by atoms with Gasteiger partial charge in [-0.3, -0.25) is 4.79 Å². The lowest BCUT2D eigenvalue weighted by Gasteiger charge is -2.28. The highest BCUT2D eigenvalue weighted by molar-refractivity contribution is 5.62. The van der Waals surface area contributed by atoms with Crippen molar-refractivity contribution in [2.75, 3.05) is 0 Å². The molecule has 150 valence electrons. The van der Waals surface area contributed by atoms with Crippen molar-refractivity contribution in [1.82, 2.24) is 5.01 Å². The van der Waals surface area contributed by atoms with E-state index in [9.17, 15) is 4.79 Å². The summed E-state index contributed by atoms with van der Waals surface area (Å²) in [5.41, 5.74) is 3.62. The Hall–Kier alpha value is -3.72. The Morgan fingerprint density at radius 2 is 1.71 bits per heavy atom. The molecule has 31 heavy (non-hydrogen) atoms. The highest BCUT2D eigenvalue weighted by atomic mass is 16.1. The lowest BCUT2D eigenvalue weighted by Crippen LogP contribution is -2.30. The topological polar surface area (TPSA) is 32.7 Å². The van der Waals surface area contributed by atoms with Crippen molar-refractivity contribution in [2.45, 2.75) is 25.2 Å². The highest BCUT2D eigenvalue weighted by Crippen LogP contribution is 2.34. The zero-order valence-corrected chi connectivity index (χ0v) is 17.2. The number of hydrogen-bond donors (Lipinski definition) is 0. The van der Waals surface area contributed by atoms with Gasteiger partial charge in [-0.1, -0.05) is 72.8 Å². The van der Waals surface area contributed by atoms with Crippen LogP contribution in [0.1, 0.15) is 29.9 Å². The lowest BCUT2D eigenvalue weighted by atomic mass is 9.81. The van der Waals surface area contributed by atoms with E-state index >= 15 is 0 Å². The van der Waals surface area contributed by atoms with Crippen molar-refractivity contribution in [3.05, 3.63) is 115 Å². The molecule has 3 aliphatic rings. The van der Waals surface area contributed by atoms with Gasteiger partial charge in [-0.05, 0) is 63.4 Å². The van der Waals surface area contributed by atoms with Gasteiger partial charge in [-0.25, -0.2) is 5.01 Å². The summed E-state index contributed by atoms with van der Waals surface area (Å²) in [6.45, 7) is 0. The fraction of sp³-hybridized carbons (Fsp3) is 0.143. The Morgan fingerprint density at radius 3 is 2.61 bits per heavy atom. The summed E-state index contributed by atoms with van der Waals surface area (Å²) in [4.78, 5) is 12.2. The van der Waals surface area contributed by atoms with Crippen LogP contribution in [0.3, 0.4) is 0 Å². The first-order chi connectivity index (χ1) is 15.3. The van der Waals surface area contributed by atoms with Crippen molar-refractivity contribution in [2.24, 2.45) is 5.10 Å². The molecule has 0 saturated carbocycles. The first-order valence-corrected chi connectivity index (χ1v) is 10.9. The first kappa shape index (κ1) is 18.1. The van der Waals surface area contributed by atoms with Crippen LogP contribution in [0, 0.1) is 10.4 Å². The normalized spacial score (nSPS) is 18.3. The zero-order valence-electron chi connectivity index (χ0n) is 17.2. The fourth-order valence-electron chi connectivity index (χ4n) is 5.14. The quantitative estimate of drug-likeness (QED) is 0.606. The Kier molecular flexibility index (Phi) is 4.20. The van der Waals surface area contributed by atoms with Crippen LogP contribution in [0.5, 0.6) is 0 Å². The van der Waals surface area contributed by atoms with E-state index in [1.165, 1.54) is 37.0 Å². The number of carbonyl (C=O) groups excluding carboxylic acids is 1. The molecule has 3 nitrogen and oxygen atoms in total. The molecule has 0 saturated heterocycles. The molecule has 1 atom stereocenters. The van der Waals surface area contributed by atoms with Crippen LogP contribution in [0.25, 0.3) is 18.2 Å². The maximum Gasteiger partial charge on any atom is 0.234 e. The van der Waals surface area contributed by atoms with Gasteiger partial charge in [0.2, 0.25) is 6.41 Å². The predicted molar refractivity (Wildman–Crippen MR) is 122 cm³/mol. The minimum Gasteiger partial charge on any atom is -0.276 e. The average molecular weight is 402 g/mol. The van der Waals surface area contributed by atoms with Crippen LogP contribution < -0.4 is 21.0 Å². The van der Waals surface area contributed by atoms with E-state index in [-0.39, 0.29) is 5.92 Å². The van der Waals surface area contributed by atoms with Crippen LogP contribution in [0.15, 0.2) is 77.5 Å². The summed E-state index contributed by atoms with van der Waals surface area (Å²) in [5.74, 6) is -0.0362. The summed E-state index contributed by atoms with van der Waals surface area (Å²) in [6.07, 6.45) is 13.0. The van der Waals surface area contributed by atoms with Crippen molar-refractivity contribution >= 4 is 24.6 Å². The van der Waals surface area contributed by atoms with Gasteiger partial charge in [0, 0.05) is 11.1 Å². The van der Waals surface area contributed by atoms with E-state index in [2.05, 4.69) is 60.7 Å². The Bertz CT molecular complexity index is 1600. The van der Waals surface area contributed by atoms with Gasteiger partial charge >= 0.3 is 0 Å². The second-order valence-corrected chi connectivity index (χ2v) is 8.29. The number of carbonyl (C=O) groups is 1. The van der Waals surface area contributed by atoms with Gasteiger partial charge < -0.3 is 0 Å². The SMILES string of the molecule is O=CN1N=c2ccccc2=CC=C1C1C=c2ccccc2=c2ccc3c(c21)CCCC=3. The van der Waals surface area contributed by atoms with Crippen LogP contribution in [-0.4, -0.2) is 11.4 Å². The highest BCUT2D eigenvalue weighted by Gasteiger charge is 2.26. The average Bonchev–Trinajstić information content (AvgIpc) is 3.02. The third kappa shape index (κ3) is 2.89. The number of nitrogens with zero attached hydrogens (tertiary/aromatic N) is 2. The third-order valence-corrected chi connectivity index (χ3v) is 6.57. The van der Waals surface area contributed by atoms with E-state index in [1.54, 1.807) is 0 Å². The number of benzene rings is 3. The standard InChI is InChI=1S/C28H22N2O/c31-18-30-27(16-14-20-8-3-6-12-26(20)29-30)25-17-21-9-2-4-10-22(21)24-15-13-19-7-1-5-11-23(19)28(24)25/h2-4,6-10,12-18,25H,1,5,11H2. The molecule has 0 aromatic heterocycles. The molecule has 1 unspecified atom stereocenters. The number of fused-ring (bicyclic) bond motifs is 5. The smallest absolute Gasteiger partial charge is 0.234 e. The molecule has 6 rings (SSSR count). The molecular weight excluding hydrogens is 380 g/mol. The van der Waals surface area contributed by atoms with Crippen LogP contribution in [0.2, 0.25) is 0 Å². The monoisotopic (exact) mass is 402 g/mol. The number of hydrogen-bond acceptors (Lipinski definition) is 2. The molecule has 2 aliphatic carbocycles. The van der Waals surface area contributed by atoms with E-state index < -0.39 is 0 Å². The molecule has 1 aliphatic heterocycles. The summed E-state index contributed by atoms with van der Waals surface area (Å²) in [7, 11) is 0. The number of allylic oxidation sites excluding steroid dienone is 2. The van der Waals surface area contributed by atoms with Crippen LogP contribution >= 0.6 is 0 Å². The first-order valence-electron chi connectivity index (χ1n) is 10.9. The summed E-state index contributed by atoms with van der Waals surface area (Å²) >= 11 is 0. The van der Waals surface area contributed by atoms with Gasteiger partial charge in [0.1, 0.15) is 0 Å². The largest absolute Gasteiger partial charge is 0.276 e. The zero-order chi connectivity index (χ0) is 20.8. The minimum atomic E-state index is -0.0362. The molecule has 3 heteroatoms. The van der Waals surface area contributed by atoms with E-state index in [1.807, 2.05) is 24.3 Å². The molecule has 0 spiro atoms. The fourth-order valence-corrected chi connectivity index (χ4v) is 5.14. The number of rotatable bonds is 2. The maximum atomic E-state index is 12.2. The van der Waals surface area contributed by atoms with E-state index in [4.69, 9.17) is 5.10 Å². The van der Waals surface area contributed by atoms with Gasteiger partial charge in [0.05, 0.1) is 11.1 Å². The van der Waals surface area contributed by atoms with Gasteiger partial charge in [0.15, 0.2) is 0 Å². The van der Waals surface area contributed by atoms with Crippen molar-refractivity contribution in [1.29, 1.82) is 0 Å². The second kappa shape index (κ2) is 7.21. The third-order valence-electron chi connectivity index (χ3n) is 6.57. The van der Waals surface area contributed by atoms with Crippen molar-refractivity contribution in [3.63, 3.8) is 0 Å². The summed E-state index contributed by atoms with van der Waals surface area (Å²) in [5, 5.41) is 13.1. The second-order valence-electron chi connectivity index (χ2n) is 8.29. The molecule has 0 N–H and O–H groups in total. The lowest BCUT2D eigenvalue weighted by molar-refractivity contribution is -0.116. The van der Waals surface area contributed by atoms with Gasteiger partial charge in [-0.2, -0.15) is 5.10 Å². The Morgan fingerprint density at radius 1 is 0.871 bits per heavy atom. The van der Waals surface area contributed by atoms with Crippen molar-refractivity contribution in [3.8, 4) is 0 Å². The maximum absolute atomic E-state index is 12.2. The number of amides is 1. The molecular formula is C28H22N2O. The molecule has 1 heterocycles.